The van der Waals surface area contributed by atoms with Crippen molar-refractivity contribution in [2.24, 2.45) is 5.73 Å². The average Bonchev–Trinajstić information content (AvgIpc) is 2.61. The summed E-state index contributed by atoms with van der Waals surface area (Å²) in [5, 5.41) is 2.77. The minimum absolute atomic E-state index is 0.0560. The number of amides is 1. The van der Waals surface area contributed by atoms with Gasteiger partial charge >= 0.3 is 0 Å². The van der Waals surface area contributed by atoms with Crippen molar-refractivity contribution in [3.05, 3.63) is 54.1 Å². The Balaban J connectivity index is 1.93. The lowest BCUT2D eigenvalue weighted by Gasteiger charge is -2.15. The summed E-state index contributed by atoms with van der Waals surface area (Å²) >= 11 is 0. The van der Waals surface area contributed by atoms with Gasteiger partial charge in [-0.1, -0.05) is 12.1 Å². The van der Waals surface area contributed by atoms with Gasteiger partial charge in [0.15, 0.2) is 11.9 Å². The third kappa shape index (κ3) is 5.61. The van der Waals surface area contributed by atoms with Gasteiger partial charge in [-0.25, -0.2) is 0 Å². The molecule has 6 nitrogen and oxygen atoms in total. The molecule has 0 aliphatic carbocycles. The first-order valence-electron chi connectivity index (χ1n) is 8.01. The fourth-order valence-corrected chi connectivity index (χ4v) is 2.10. The number of rotatable bonds is 8. The van der Waals surface area contributed by atoms with Crippen molar-refractivity contribution in [3.8, 4) is 11.5 Å². The van der Waals surface area contributed by atoms with Crippen LogP contribution in [0.3, 0.4) is 0 Å². The fourth-order valence-electron chi connectivity index (χ4n) is 2.10. The molecule has 0 aliphatic rings. The van der Waals surface area contributed by atoms with E-state index in [-0.39, 0.29) is 11.7 Å². The van der Waals surface area contributed by atoms with Crippen LogP contribution in [-0.4, -0.2) is 30.9 Å². The van der Waals surface area contributed by atoms with Gasteiger partial charge in [-0.3, -0.25) is 9.59 Å². The zero-order valence-corrected chi connectivity index (χ0v) is 14.3. The van der Waals surface area contributed by atoms with Crippen LogP contribution in [0.1, 0.15) is 24.2 Å². The molecule has 0 aromatic heterocycles. The van der Waals surface area contributed by atoms with Crippen molar-refractivity contribution in [2.45, 2.75) is 20.0 Å². The maximum absolute atomic E-state index is 12.2. The first-order chi connectivity index (χ1) is 12.0. The number of hydrogen-bond donors (Lipinski definition) is 2. The molecule has 0 aliphatic heterocycles. The van der Waals surface area contributed by atoms with Crippen molar-refractivity contribution in [3.63, 3.8) is 0 Å². The number of anilines is 1. The standard InChI is InChI=1S/C19H22N2O4/c1-13(22)15-4-3-5-18(12-15)25-14(2)19(23)21-16-6-8-17(9-7-16)24-11-10-20/h3-9,12,14H,10-11,20H2,1-2H3,(H,21,23). The third-order valence-corrected chi connectivity index (χ3v) is 3.43. The van der Waals surface area contributed by atoms with E-state index in [1.165, 1.54) is 6.92 Å². The normalized spacial score (nSPS) is 11.5. The van der Waals surface area contributed by atoms with Crippen molar-refractivity contribution in [2.75, 3.05) is 18.5 Å². The highest BCUT2D eigenvalue weighted by Gasteiger charge is 2.15. The second-order valence-electron chi connectivity index (χ2n) is 5.49. The predicted octanol–water partition coefficient (Wildman–Crippen LogP) is 2.63. The second-order valence-corrected chi connectivity index (χ2v) is 5.49. The molecule has 2 aromatic rings. The van der Waals surface area contributed by atoms with Crippen molar-refractivity contribution in [1.82, 2.24) is 0 Å². The maximum atomic E-state index is 12.2. The van der Waals surface area contributed by atoms with E-state index in [1.54, 1.807) is 55.5 Å². The first kappa shape index (κ1) is 18.5. The van der Waals surface area contributed by atoms with Crippen molar-refractivity contribution < 1.29 is 19.1 Å². The molecule has 3 N–H and O–H groups in total. The molecule has 2 aromatic carbocycles. The third-order valence-electron chi connectivity index (χ3n) is 3.43. The molecule has 0 radical (unpaired) electrons. The highest BCUT2D eigenvalue weighted by Crippen LogP contribution is 2.18. The lowest BCUT2D eigenvalue weighted by molar-refractivity contribution is -0.122. The molecular weight excluding hydrogens is 320 g/mol. The molecule has 1 atom stereocenters. The van der Waals surface area contributed by atoms with E-state index in [9.17, 15) is 9.59 Å². The molecule has 1 unspecified atom stereocenters. The molecule has 0 fully saturated rings. The number of benzene rings is 2. The van der Waals surface area contributed by atoms with Crippen molar-refractivity contribution in [1.29, 1.82) is 0 Å². The van der Waals surface area contributed by atoms with Crippen LogP contribution in [0.2, 0.25) is 0 Å². The van der Waals surface area contributed by atoms with E-state index in [1.807, 2.05) is 0 Å². The van der Waals surface area contributed by atoms with Crippen LogP contribution < -0.4 is 20.5 Å². The Labute approximate surface area is 146 Å². The van der Waals surface area contributed by atoms with Gasteiger partial charge in [0.2, 0.25) is 0 Å². The van der Waals surface area contributed by atoms with Gasteiger partial charge in [0.05, 0.1) is 0 Å². The predicted molar refractivity (Wildman–Crippen MR) is 96.2 cm³/mol. The molecule has 0 spiro atoms. The lowest BCUT2D eigenvalue weighted by Crippen LogP contribution is -2.30. The Hall–Kier alpha value is -2.86. The van der Waals surface area contributed by atoms with Crippen molar-refractivity contribution >= 4 is 17.4 Å². The minimum atomic E-state index is -0.713. The molecule has 0 saturated carbocycles. The molecular formula is C19H22N2O4. The maximum Gasteiger partial charge on any atom is 0.265 e. The summed E-state index contributed by atoms with van der Waals surface area (Å²) in [7, 11) is 0. The molecule has 0 saturated heterocycles. The van der Waals surface area contributed by atoms with Crippen LogP contribution in [0.5, 0.6) is 11.5 Å². The Morgan fingerprint density at radius 2 is 1.84 bits per heavy atom. The number of nitrogens with two attached hydrogens (primary N) is 1. The summed E-state index contributed by atoms with van der Waals surface area (Å²) in [6.45, 7) is 4.01. The highest BCUT2D eigenvalue weighted by molar-refractivity contribution is 5.95. The molecule has 25 heavy (non-hydrogen) atoms. The largest absolute Gasteiger partial charge is 0.492 e. The number of ketones is 1. The number of ether oxygens (including phenoxy) is 2. The van der Waals surface area contributed by atoms with Crippen LogP contribution in [0.4, 0.5) is 5.69 Å². The molecule has 0 heterocycles. The van der Waals surface area contributed by atoms with Crippen LogP contribution in [0, 0.1) is 0 Å². The van der Waals surface area contributed by atoms with Crippen LogP contribution in [0.25, 0.3) is 0 Å². The molecule has 2 rings (SSSR count). The molecule has 1 amide bonds. The van der Waals surface area contributed by atoms with E-state index in [4.69, 9.17) is 15.2 Å². The van der Waals surface area contributed by atoms with E-state index in [0.717, 1.165) is 0 Å². The van der Waals surface area contributed by atoms with Gasteiger partial charge < -0.3 is 20.5 Å². The Morgan fingerprint density at radius 1 is 1.12 bits per heavy atom. The van der Waals surface area contributed by atoms with Gasteiger partial charge in [-0.2, -0.15) is 0 Å². The Kier molecular flexibility index (Phi) is 6.54. The van der Waals surface area contributed by atoms with Crippen LogP contribution in [-0.2, 0) is 4.79 Å². The molecule has 6 heteroatoms. The van der Waals surface area contributed by atoms with E-state index in [0.29, 0.717) is 35.9 Å². The fraction of sp³-hybridized carbons (Fsp3) is 0.263. The van der Waals surface area contributed by atoms with E-state index >= 15 is 0 Å². The first-order valence-corrected chi connectivity index (χ1v) is 8.01. The smallest absolute Gasteiger partial charge is 0.265 e. The van der Waals surface area contributed by atoms with E-state index < -0.39 is 6.10 Å². The van der Waals surface area contributed by atoms with Gasteiger partial charge in [0.25, 0.3) is 5.91 Å². The number of Topliss-reactive ketones (excluding diaryl/α,β-unsaturated/α-hetero) is 1. The monoisotopic (exact) mass is 342 g/mol. The Bertz CT molecular complexity index is 728. The average molecular weight is 342 g/mol. The summed E-state index contributed by atoms with van der Waals surface area (Å²) in [6.07, 6.45) is -0.713. The van der Waals surface area contributed by atoms with Crippen LogP contribution in [0.15, 0.2) is 48.5 Å². The second kappa shape index (κ2) is 8.84. The highest BCUT2D eigenvalue weighted by atomic mass is 16.5. The molecule has 132 valence electrons. The minimum Gasteiger partial charge on any atom is -0.492 e. The SMILES string of the molecule is CC(=O)c1cccc(OC(C)C(=O)Nc2ccc(OCCN)cc2)c1. The summed E-state index contributed by atoms with van der Waals surface area (Å²) < 4.78 is 11.0. The summed E-state index contributed by atoms with van der Waals surface area (Å²) in [4.78, 5) is 23.6. The number of carbonyl (C=O) groups is 2. The quantitative estimate of drug-likeness (QED) is 0.720. The van der Waals surface area contributed by atoms with Gasteiger partial charge in [0, 0.05) is 17.8 Å². The number of nitrogens with one attached hydrogen (secondary N) is 1. The molecule has 0 bridgehead atoms. The zero-order chi connectivity index (χ0) is 18.2. The van der Waals surface area contributed by atoms with E-state index in [2.05, 4.69) is 5.32 Å². The zero-order valence-electron chi connectivity index (χ0n) is 14.3. The Morgan fingerprint density at radius 3 is 2.48 bits per heavy atom. The summed E-state index contributed by atoms with van der Waals surface area (Å²) in [5.74, 6) is 0.818. The van der Waals surface area contributed by atoms with Gasteiger partial charge in [0.1, 0.15) is 18.1 Å². The van der Waals surface area contributed by atoms with Crippen LogP contribution >= 0.6 is 0 Å². The number of carbonyl (C=O) groups excluding carboxylic acids is 2. The lowest BCUT2D eigenvalue weighted by atomic mass is 10.1. The number of hydrogen-bond acceptors (Lipinski definition) is 5. The van der Waals surface area contributed by atoms with Gasteiger partial charge in [-0.05, 0) is 50.2 Å². The summed E-state index contributed by atoms with van der Waals surface area (Å²) in [5.41, 5.74) is 6.56. The topological polar surface area (TPSA) is 90.7 Å². The van der Waals surface area contributed by atoms with Gasteiger partial charge in [-0.15, -0.1) is 0 Å². The summed E-state index contributed by atoms with van der Waals surface area (Å²) in [6, 6.07) is 13.8.